The van der Waals surface area contributed by atoms with Gasteiger partial charge in [-0.1, -0.05) is 13.2 Å². The molecule has 0 spiro atoms. The Bertz CT molecular complexity index is 170. The second kappa shape index (κ2) is 5.59. The van der Waals surface area contributed by atoms with Crippen LogP contribution in [0, 0.1) is 0 Å². The molecule has 2 nitrogen and oxygen atoms in total. The monoisotopic (exact) mass is 153 g/mol. The second-order valence-electron chi connectivity index (χ2n) is 2.24. The quantitative estimate of drug-likeness (QED) is 0.480. The van der Waals surface area contributed by atoms with E-state index in [1.807, 2.05) is 20.2 Å². The third kappa shape index (κ3) is 5.27. The minimum atomic E-state index is 0.561. The number of hydrogen-bond acceptors (Lipinski definition) is 2. The molecule has 11 heavy (non-hydrogen) atoms. The molecule has 0 heterocycles. The smallest absolute Gasteiger partial charge is 0.112 e. The molecule has 0 atom stereocenters. The number of allylic oxidation sites excluding steroid dienone is 1. The Labute approximate surface area is 68.3 Å². The van der Waals surface area contributed by atoms with Gasteiger partial charge in [-0.15, -0.1) is 0 Å². The van der Waals surface area contributed by atoms with Crippen molar-refractivity contribution in [2.45, 2.75) is 6.92 Å². The molecule has 1 N–H and O–H groups in total. The van der Waals surface area contributed by atoms with Gasteiger partial charge in [0, 0.05) is 7.05 Å². The zero-order valence-corrected chi connectivity index (χ0v) is 7.18. The minimum Gasteiger partial charge on any atom is -0.490 e. The highest BCUT2D eigenvalue weighted by molar-refractivity contribution is 5.04. The summed E-state index contributed by atoms with van der Waals surface area (Å²) in [5.41, 5.74) is 1.12. The molecule has 0 saturated heterocycles. The van der Waals surface area contributed by atoms with Gasteiger partial charge in [0.2, 0.25) is 0 Å². The Morgan fingerprint density at radius 3 is 2.73 bits per heavy atom. The molecule has 0 aromatic rings. The zero-order chi connectivity index (χ0) is 8.69. The molecule has 2 heteroatoms. The van der Waals surface area contributed by atoms with Crippen LogP contribution in [0.2, 0.25) is 0 Å². The lowest BCUT2D eigenvalue weighted by atomic mass is 10.3. The third-order valence-corrected chi connectivity index (χ3v) is 1.10. The fraction of sp³-hybridized carbons (Fsp3) is 0.333. The maximum atomic E-state index is 5.18. The Hall–Kier alpha value is -1.18. The summed E-state index contributed by atoms with van der Waals surface area (Å²) in [6.45, 7) is 9.68. The number of ether oxygens (including phenoxy) is 1. The third-order valence-electron chi connectivity index (χ3n) is 1.10. The maximum Gasteiger partial charge on any atom is 0.112 e. The summed E-state index contributed by atoms with van der Waals surface area (Å²) < 4.78 is 5.18. The summed E-state index contributed by atoms with van der Waals surface area (Å²) in [5.74, 6) is 0.605. The molecule has 0 rings (SSSR count). The first-order valence-electron chi connectivity index (χ1n) is 3.47. The summed E-state index contributed by atoms with van der Waals surface area (Å²) in [6, 6.07) is 0. The van der Waals surface area contributed by atoms with Crippen molar-refractivity contribution in [3.05, 3.63) is 36.8 Å². The molecular weight excluding hydrogens is 138 g/mol. The van der Waals surface area contributed by atoms with Gasteiger partial charge in [0.1, 0.15) is 12.4 Å². The average Bonchev–Trinajstić information content (AvgIpc) is 2.01. The first-order valence-corrected chi connectivity index (χ1v) is 3.47. The molecule has 0 bridgehead atoms. The molecule has 62 valence electrons. The van der Waals surface area contributed by atoms with E-state index in [1.165, 1.54) is 0 Å². The Kier molecular flexibility index (Phi) is 4.99. The summed E-state index contributed by atoms with van der Waals surface area (Å²) in [5, 5.41) is 2.91. The molecule has 0 aromatic carbocycles. The molecular formula is C9H15NO. The molecule has 0 aliphatic rings. The van der Waals surface area contributed by atoms with Crippen LogP contribution in [0.25, 0.3) is 0 Å². The highest BCUT2D eigenvalue weighted by Gasteiger charge is 1.89. The van der Waals surface area contributed by atoms with Crippen LogP contribution in [0.15, 0.2) is 36.8 Å². The van der Waals surface area contributed by atoms with Crippen LogP contribution >= 0.6 is 0 Å². The van der Waals surface area contributed by atoms with Crippen LogP contribution in [0.5, 0.6) is 0 Å². The van der Waals surface area contributed by atoms with Gasteiger partial charge in [-0.05, 0) is 24.8 Å². The first-order chi connectivity index (χ1) is 5.20. The standard InChI is InChI=1S/C9H15NO/c1-5-9(3)11-7-8(2)6-10-4/h5-6,10H,1,3,7H2,2,4H3/b8-6+. The topological polar surface area (TPSA) is 21.3 Å². The van der Waals surface area contributed by atoms with Gasteiger partial charge in [-0.2, -0.15) is 0 Å². The largest absolute Gasteiger partial charge is 0.490 e. The van der Waals surface area contributed by atoms with Crippen molar-refractivity contribution in [3.63, 3.8) is 0 Å². The molecule has 0 saturated carbocycles. The van der Waals surface area contributed by atoms with Crippen LogP contribution in [-0.4, -0.2) is 13.7 Å². The minimum absolute atomic E-state index is 0.561. The van der Waals surface area contributed by atoms with Crippen LogP contribution < -0.4 is 5.32 Å². The highest BCUT2D eigenvalue weighted by atomic mass is 16.5. The lowest BCUT2D eigenvalue weighted by Crippen LogP contribution is -1.99. The van der Waals surface area contributed by atoms with Crippen molar-refractivity contribution >= 4 is 0 Å². The van der Waals surface area contributed by atoms with Crippen LogP contribution in [0.3, 0.4) is 0 Å². The molecule has 0 amide bonds. The van der Waals surface area contributed by atoms with Crippen molar-refractivity contribution < 1.29 is 4.74 Å². The van der Waals surface area contributed by atoms with Crippen molar-refractivity contribution in [1.29, 1.82) is 0 Å². The maximum absolute atomic E-state index is 5.18. The SMILES string of the molecule is C=CC(=C)OC/C(C)=C/NC. The van der Waals surface area contributed by atoms with Crippen molar-refractivity contribution in [2.75, 3.05) is 13.7 Å². The second-order valence-corrected chi connectivity index (χ2v) is 2.24. The van der Waals surface area contributed by atoms with Gasteiger partial charge in [-0.3, -0.25) is 0 Å². The number of nitrogens with one attached hydrogen (secondary N) is 1. The predicted molar refractivity (Wildman–Crippen MR) is 48.1 cm³/mol. The van der Waals surface area contributed by atoms with Crippen molar-refractivity contribution in [1.82, 2.24) is 5.32 Å². The van der Waals surface area contributed by atoms with E-state index in [0.717, 1.165) is 5.57 Å². The van der Waals surface area contributed by atoms with E-state index in [-0.39, 0.29) is 0 Å². The van der Waals surface area contributed by atoms with E-state index in [0.29, 0.717) is 12.4 Å². The fourth-order valence-corrected chi connectivity index (χ4v) is 0.554. The van der Waals surface area contributed by atoms with E-state index in [4.69, 9.17) is 4.74 Å². The predicted octanol–water partition coefficient (Wildman–Crippen LogP) is 1.83. The van der Waals surface area contributed by atoms with Crippen LogP contribution in [0.4, 0.5) is 0 Å². The molecule has 0 aliphatic carbocycles. The van der Waals surface area contributed by atoms with E-state index >= 15 is 0 Å². The van der Waals surface area contributed by atoms with Crippen LogP contribution in [-0.2, 0) is 4.74 Å². The number of rotatable bonds is 5. The van der Waals surface area contributed by atoms with Crippen molar-refractivity contribution in [3.8, 4) is 0 Å². The van der Waals surface area contributed by atoms with Crippen molar-refractivity contribution in [2.24, 2.45) is 0 Å². The van der Waals surface area contributed by atoms with E-state index in [9.17, 15) is 0 Å². The van der Waals surface area contributed by atoms with Gasteiger partial charge in [0.15, 0.2) is 0 Å². The van der Waals surface area contributed by atoms with E-state index < -0.39 is 0 Å². The lowest BCUT2D eigenvalue weighted by molar-refractivity contribution is 0.254. The van der Waals surface area contributed by atoms with Gasteiger partial charge in [-0.25, -0.2) is 0 Å². The van der Waals surface area contributed by atoms with Gasteiger partial charge in [0.05, 0.1) is 0 Å². The molecule has 0 unspecified atom stereocenters. The summed E-state index contributed by atoms with van der Waals surface area (Å²) in [4.78, 5) is 0. The van der Waals surface area contributed by atoms with Gasteiger partial charge < -0.3 is 10.1 Å². The molecule has 0 radical (unpaired) electrons. The normalized spacial score (nSPS) is 10.5. The average molecular weight is 153 g/mol. The molecule has 0 aliphatic heterocycles. The Morgan fingerprint density at radius 2 is 2.27 bits per heavy atom. The summed E-state index contributed by atoms with van der Waals surface area (Å²) in [7, 11) is 1.85. The summed E-state index contributed by atoms with van der Waals surface area (Å²) >= 11 is 0. The van der Waals surface area contributed by atoms with Gasteiger partial charge >= 0.3 is 0 Å². The first kappa shape index (κ1) is 9.82. The van der Waals surface area contributed by atoms with E-state index in [2.05, 4.69) is 18.5 Å². The molecule has 0 aromatic heterocycles. The Morgan fingerprint density at radius 1 is 1.64 bits per heavy atom. The van der Waals surface area contributed by atoms with Crippen LogP contribution in [0.1, 0.15) is 6.92 Å². The Balaban J connectivity index is 3.61. The van der Waals surface area contributed by atoms with E-state index in [1.54, 1.807) is 6.08 Å². The number of hydrogen-bond donors (Lipinski definition) is 1. The highest BCUT2D eigenvalue weighted by Crippen LogP contribution is 1.98. The zero-order valence-electron chi connectivity index (χ0n) is 7.18. The lowest BCUT2D eigenvalue weighted by Gasteiger charge is -2.04. The molecule has 0 fully saturated rings. The fourth-order valence-electron chi connectivity index (χ4n) is 0.554. The summed E-state index contributed by atoms with van der Waals surface area (Å²) in [6.07, 6.45) is 3.48. The van der Waals surface area contributed by atoms with Gasteiger partial charge in [0.25, 0.3) is 0 Å².